The number of piperazine rings is 1. The van der Waals surface area contributed by atoms with E-state index in [-0.39, 0.29) is 11.6 Å². The number of hydrogen-bond acceptors (Lipinski definition) is 4. The smallest absolute Gasteiger partial charge is 0.337 e. The SMILES string of the molecule is CN1CCNC(c2cncc(C(=O)O)c2)C1. The number of nitrogens with zero attached hydrogens (tertiary/aromatic N) is 2. The summed E-state index contributed by atoms with van der Waals surface area (Å²) in [5, 5.41) is 12.2. The van der Waals surface area contributed by atoms with E-state index in [1.54, 1.807) is 12.3 Å². The van der Waals surface area contributed by atoms with Gasteiger partial charge >= 0.3 is 5.97 Å². The normalized spacial score (nSPS) is 21.9. The second-order valence-corrected chi connectivity index (χ2v) is 4.08. The molecule has 2 heterocycles. The molecule has 2 N–H and O–H groups in total. The van der Waals surface area contributed by atoms with Gasteiger partial charge in [0, 0.05) is 38.1 Å². The molecule has 5 heteroatoms. The highest BCUT2D eigenvalue weighted by Crippen LogP contribution is 2.16. The number of carbonyl (C=O) groups is 1. The third kappa shape index (κ3) is 2.37. The molecule has 0 saturated carbocycles. The van der Waals surface area contributed by atoms with E-state index in [1.807, 2.05) is 0 Å². The highest BCUT2D eigenvalue weighted by Gasteiger charge is 2.19. The Morgan fingerprint density at radius 3 is 3.12 bits per heavy atom. The van der Waals surface area contributed by atoms with Crippen molar-refractivity contribution >= 4 is 5.97 Å². The predicted molar refractivity (Wildman–Crippen MR) is 59.4 cm³/mol. The quantitative estimate of drug-likeness (QED) is 0.754. The van der Waals surface area contributed by atoms with Crippen LogP contribution in [0.5, 0.6) is 0 Å². The molecule has 1 fully saturated rings. The Labute approximate surface area is 94.1 Å². The lowest BCUT2D eigenvalue weighted by atomic mass is 10.1. The van der Waals surface area contributed by atoms with E-state index < -0.39 is 5.97 Å². The molecule has 0 bridgehead atoms. The second-order valence-electron chi connectivity index (χ2n) is 4.08. The van der Waals surface area contributed by atoms with Crippen LogP contribution in [0.1, 0.15) is 22.0 Å². The lowest BCUT2D eigenvalue weighted by molar-refractivity contribution is 0.0696. The largest absolute Gasteiger partial charge is 0.478 e. The van der Waals surface area contributed by atoms with Crippen LogP contribution in [0, 0.1) is 0 Å². The first kappa shape index (κ1) is 11.0. The van der Waals surface area contributed by atoms with E-state index >= 15 is 0 Å². The molecule has 0 radical (unpaired) electrons. The summed E-state index contributed by atoms with van der Waals surface area (Å²) in [6.45, 7) is 2.81. The Morgan fingerprint density at radius 2 is 2.44 bits per heavy atom. The number of likely N-dealkylation sites (N-methyl/N-ethyl adjacent to an activating group) is 1. The third-order valence-electron chi connectivity index (χ3n) is 2.79. The minimum Gasteiger partial charge on any atom is -0.478 e. The van der Waals surface area contributed by atoms with Crippen LogP contribution < -0.4 is 5.32 Å². The Hall–Kier alpha value is -1.46. The van der Waals surface area contributed by atoms with Crippen LogP contribution >= 0.6 is 0 Å². The van der Waals surface area contributed by atoms with Gasteiger partial charge in [0.2, 0.25) is 0 Å². The fourth-order valence-electron chi connectivity index (χ4n) is 1.89. The van der Waals surface area contributed by atoms with Crippen molar-refractivity contribution in [3.63, 3.8) is 0 Å². The zero-order chi connectivity index (χ0) is 11.5. The van der Waals surface area contributed by atoms with Crippen molar-refractivity contribution < 1.29 is 9.90 Å². The topological polar surface area (TPSA) is 65.5 Å². The van der Waals surface area contributed by atoms with Crippen LogP contribution in [-0.4, -0.2) is 47.6 Å². The summed E-state index contributed by atoms with van der Waals surface area (Å²) >= 11 is 0. The number of carboxylic acid groups (broad SMARTS) is 1. The summed E-state index contributed by atoms with van der Waals surface area (Å²) in [6, 6.07) is 1.86. The van der Waals surface area contributed by atoms with Crippen LogP contribution in [0.2, 0.25) is 0 Å². The molecule has 0 amide bonds. The van der Waals surface area contributed by atoms with E-state index in [0.717, 1.165) is 25.2 Å². The molecule has 1 saturated heterocycles. The van der Waals surface area contributed by atoms with Gasteiger partial charge in [0.05, 0.1) is 5.56 Å². The van der Waals surface area contributed by atoms with Crippen LogP contribution in [-0.2, 0) is 0 Å². The zero-order valence-corrected chi connectivity index (χ0v) is 9.18. The monoisotopic (exact) mass is 221 g/mol. The van der Waals surface area contributed by atoms with Crippen LogP contribution in [0.25, 0.3) is 0 Å². The predicted octanol–water partition coefficient (Wildman–Crippen LogP) is 0.356. The molecule has 0 aliphatic carbocycles. The average molecular weight is 221 g/mol. The maximum atomic E-state index is 10.8. The Bertz CT molecular complexity index is 395. The number of aromatic carboxylic acids is 1. The molecule has 1 aromatic rings. The molecular weight excluding hydrogens is 206 g/mol. The highest BCUT2D eigenvalue weighted by atomic mass is 16.4. The molecule has 1 aliphatic heterocycles. The van der Waals surface area contributed by atoms with Crippen molar-refractivity contribution in [1.82, 2.24) is 15.2 Å². The Kier molecular flexibility index (Phi) is 3.17. The van der Waals surface area contributed by atoms with Crippen LogP contribution in [0.15, 0.2) is 18.5 Å². The van der Waals surface area contributed by atoms with Crippen LogP contribution in [0.3, 0.4) is 0 Å². The molecule has 5 nitrogen and oxygen atoms in total. The van der Waals surface area contributed by atoms with Crippen molar-refractivity contribution in [2.45, 2.75) is 6.04 Å². The maximum Gasteiger partial charge on any atom is 0.337 e. The minimum atomic E-state index is -0.932. The fraction of sp³-hybridized carbons (Fsp3) is 0.455. The van der Waals surface area contributed by atoms with E-state index in [0.29, 0.717) is 0 Å². The van der Waals surface area contributed by atoms with Gasteiger partial charge in [-0.25, -0.2) is 4.79 Å². The third-order valence-corrected chi connectivity index (χ3v) is 2.79. The van der Waals surface area contributed by atoms with E-state index in [1.165, 1.54) is 6.20 Å². The molecule has 16 heavy (non-hydrogen) atoms. The van der Waals surface area contributed by atoms with E-state index in [4.69, 9.17) is 5.11 Å². The maximum absolute atomic E-state index is 10.8. The molecule has 1 aliphatic rings. The molecule has 1 unspecified atom stereocenters. The van der Waals surface area contributed by atoms with Gasteiger partial charge in [-0.15, -0.1) is 0 Å². The first-order valence-corrected chi connectivity index (χ1v) is 5.27. The molecule has 86 valence electrons. The minimum absolute atomic E-state index is 0.172. The van der Waals surface area contributed by atoms with Gasteiger partial charge in [0.25, 0.3) is 0 Å². The van der Waals surface area contributed by atoms with Gasteiger partial charge in [-0.05, 0) is 18.7 Å². The molecule has 0 aromatic carbocycles. The Balaban J connectivity index is 2.19. The number of pyridine rings is 1. The second kappa shape index (κ2) is 4.59. The van der Waals surface area contributed by atoms with Crippen molar-refractivity contribution in [2.24, 2.45) is 0 Å². The van der Waals surface area contributed by atoms with Crippen LogP contribution in [0.4, 0.5) is 0 Å². The number of aromatic nitrogens is 1. The summed E-state index contributed by atoms with van der Waals surface area (Å²) in [5.41, 5.74) is 1.18. The standard InChI is InChI=1S/C11H15N3O2/c1-14-3-2-13-10(7-14)8-4-9(11(15)16)6-12-5-8/h4-6,10,13H,2-3,7H2,1H3,(H,15,16). The van der Waals surface area contributed by atoms with E-state index in [9.17, 15) is 4.79 Å². The van der Waals surface area contributed by atoms with Crippen molar-refractivity contribution in [2.75, 3.05) is 26.7 Å². The zero-order valence-electron chi connectivity index (χ0n) is 9.18. The number of rotatable bonds is 2. The number of hydrogen-bond donors (Lipinski definition) is 2. The summed E-state index contributed by atoms with van der Waals surface area (Å²) < 4.78 is 0. The lowest BCUT2D eigenvalue weighted by Gasteiger charge is -2.31. The Morgan fingerprint density at radius 1 is 1.62 bits per heavy atom. The highest BCUT2D eigenvalue weighted by molar-refractivity contribution is 5.87. The average Bonchev–Trinajstić information content (AvgIpc) is 2.29. The molecule has 1 atom stereocenters. The fourth-order valence-corrected chi connectivity index (χ4v) is 1.89. The number of nitrogens with one attached hydrogen (secondary N) is 1. The van der Waals surface area contributed by atoms with Gasteiger partial charge in [-0.2, -0.15) is 0 Å². The summed E-state index contributed by atoms with van der Waals surface area (Å²) in [5.74, 6) is -0.932. The first-order valence-electron chi connectivity index (χ1n) is 5.27. The van der Waals surface area contributed by atoms with Crippen molar-refractivity contribution in [1.29, 1.82) is 0 Å². The molecule has 2 rings (SSSR count). The summed E-state index contributed by atoms with van der Waals surface area (Å²) in [7, 11) is 2.06. The van der Waals surface area contributed by atoms with Gasteiger partial charge in [-0.1, -0.05) is 0 Å². The van der Waals surface area contributed by atoms with Gasteiger partial charge < -0.3 is 15.3 Å². The molecule has 0 spiro atoms. The molecule has 1 aromatic heterocycles. The van der Waals surface area contributed by atoms with E-state index in [2.05, 4.69) is 22.2 Å². The van der Waals surface area contributed by atoms with Crippen molar-refractivity contribution in [3.05, 3.63) is 29.6 Å². The summed E-state index contributed by atoms with van der Waals surface area (Å²) in [4.78, 5) is 17.0. The van der Waals surface area contributed by atoms with Gasteiger partial charge in [-0.3, -0.25) is 4.98 Å². The molecular formula is C11H15N3O2. The lowest BCUT2D eigenvalue weighted by Crippen LogP contribution is -2.43. The van der Waals surface area contributed by atoms with Crippen molar-refractivity contribution in [3.8, 4) is 0 Å². The van der Waals surface area contributed by atoms with Gasteiger partial charge in [0.1, 0.15) is 0 Å². The number of carboxylic acids is 1. The van der Waals surface area contributed by atoms with Gasteiger partial charge in [0.15, 0.2) is 0 Å². The first-order chi connectivity index (χ1) is 7.66. The summed E-state index contributed by atoms with van der Waals surface area (Å²) in [6.07, 6.45) is 3.10.